The molecule has 14 nitrogen and oxygen atoms in total. The van der Waals surface area contributed by atoms with Crippen LogP contribution in [-0.4, -0.2) is 68.2 Å². The first-order chi connectivity index (χ1) is 21.8. The van der Waals surface area contributed by atoms with Crippen molar-refractivity contribution in [2.45, 2.75) is 30.2 Å². The lowest BCUT2D eigenvalue weighted by Crippen LogP contribution is -2.40. The van der Waals surface area contributed by atoms with Crippen LogP contribution in [0.4, 0.5) is 22.7 Å². The summed E-state index contributed by atoms with van der Waals surface area (Å²) >= 11 is 0. The number of aromatic nitrogens is 2. The molecule has 234 valence electrons. The minimum absolute atomic E-state index is 0.0329. The van der Waals surface area contributed by atoms with Crippen molar-refractivity contribution in [3.05, 3.63) is 70.4 Å². The maximum Gasteiger partial charge on any atom is 0.297 e. The minimum Gasteiger partial charge on any atom is -0.489 e. The zero-order valence-electron chi connectivity index (χ0n) is 24.0. The van der Waals surface area contributed by atoms with Gasteiger partial charge in [0.1, 0.15) is 17.9 Å². The number of hydrogen-bond acceptors (Lipinski definition) is 11. The van der Waals surface area contributed by atoms with Crippen LogP contribution in [0.5, 0.6) is 11.6 Å². The van der Waals surface area contributed by atoms with Gasteiger partial charge in [0.05, 0.1) is 33.7 Å². The number of pyridine rings is 1. The largest absolute Gasteiger partial charge is 0.489 e. The maximum absolute atomic E-state index is 13.6. The highest BCUT2D eigenvalue weighted by molar-refractivity contribution is 7.90. The second kappa shape index (κ2) is 11.6. The Balaban J connectivity index is 1.19. The molecule has 1 fully saturated rings. The summed E-state index contributed by atoms with van der Waals surface area (Å²) < 4.78 is 46.4. The number of sulfonamides is 1. The van der Waals surface area contributed by atoms with Crippen LogP contribution < -0.4 is 24.4 Å². The second-order valence-corrected chi connectivity index (χ2v) is 12.8. The van der Waals surface area contributed by atoms with E-state index in [9.17, 15) is 23.3 Å². The first-order valence-corrected chi connectivity index (χ1v) is 16.1. The summed E-state index contributed by atoms with van der Waals surface area (Å²) in [5, 5.41) is 16.1. The van der Waals surface area contributed by atoms with Gasteiger partial charge in [0, 0.05) is 43.5 Å². The lowest BCUT2D eigenvalue weighted by atomic mass is 9.91. The van der Waals surface area contributed by atoms with E-state index >= 15 is 0 Å². The average molecular weight is 635 g/mol. The van der Waals surface area contributed by atoms with Gasteiger partial charge in [-0.2, -0.15) is 4.98 Å². The molecule has 5 heterocycles. The molecule has 2 aromatic carbocycles. The van der Waals surface area contributed by atoms with E-state index in [1.54, 1.807) is 24.4 Å². The van der Waals surface area contributed by atoms with Crippen LogP contribution in [-0.2, 0) is 14.8 Å². The van der Waals surface area contributed by atoms with Gasteiger partial charge >= 0.3 is 0 Å². The van der Waals surface area contributed by atoms with Gasteiger partial charge in [0.25, 0.3) is 21.6 Å². The zero-order chi connectivity index (χ0) is 31.1. The van der Waals surface area contributed by atoms with Crippen LogP contribution in [0.1, 0.15) is 29.6 Å². The van der Waals surface area contributed by atoms with Crippen LogP contribution in [0.25, 0.3) is 11.0 Å². The molecule has 1 saturated heterocycles. The normalized spacial score (nSPS) is 18.5. The van der Waals surface area contributed by atoms with Crippen LogP contribution in [0.3, 0.4) is 0 Å². The second-order valence-electron chi connectivity index (χ2n) is 11.1. The number of ether oxygens (including phenoxy) is 3. The number of fused-ring (bicyclic) bond motifs is 3. The van der Waals surface area contributed by atoms with E-state index in [1.807, 2.05) is 17.0 Å². The fourth-order valence-corrected chi connectivity index (χ4v) is 7.07. The van der Waals surface area contributed by atoms with Gasteiger partial charge in [-0.25, -0.2) is 13.1 Å². The number of anilines is 3. The molecule has 0 radical (unpaired) electrons. The molecule has 1 amide bonds. The number of nitrogens with one attached hydrogen (secondary N) is 3. The highest BCUT2D eigenvalue weighted by Crippen LogP contribution is 2.42. The molecule has 3 N–H and O–H groups in total. The lowest BCUT2D eigenvalue weighted by molar-refractivity contribution is -0.384. The molecular formula is C30H30N6O8S. The minimum atomic E-state index is -4.56. The molecule has 7 rings (SSSR count). The van der Waals surface area contributed by atoms with Crippen LogP contribution >= 0.6 is 0 Å². The molecular weight excluding hydrogens is 604 g/mol. The molecule has 0 bridgehead atoms. The predicted molar refractivity (Wildman–Crippen MR) is 164 cm³/mol. The van der Waals surface area contributed by atoms with E-state index in [-0.39, 0.29) is 35.6 Å². The average Bonchev–Trinajstić information content (AvgIpc) is 3.41. The van der Waals surface area contributed by atoms with Gasteiger partial charge in [-0.15, -0.1) is 0 Å². The van der Waals surface area contributed by atoms with Crippen molar-refractivity contribution < 1.29 is 32.3 Å². The number of nitro benzene ring substituents is 1. The molecule has 1 atom stereocenters. The SMILES string of the molecule is O=C(NS(=O)(=O)c1cc2c(c([N+](=O)[O-])c1)NC(C1CCOCC1)CO2)c1ccccc1N1CCCOc2nc3[nH]ccc3cc21. The Labute approximate surface area is 257 Å². The number of benzene rings is 2. The molecule has 45 heavy (non-hydrogen) atoms. The predicted octanol–water partition coefficient (Wildman–Crippen LogP) is 4.11. The van der Waals surface area contributed by atoms with Crippen LogP contribution in [0.2, 0.25) is 0 Å². The number of H-pyrrole nitrogens is 1. The summed E-state index contributed by atoms with van der Waals surface area (Å²) in [4.78, 5) is 34.1. The third-order valence-corrected chi connectivity index (χ3v) is 9.66. The van der Waals surface area contributed by atoms with Gasteiger partial charge in [0.2, 0.25) is 5.88 Å². The molecule has 1 unspecified atom stereocenters. The molecule has 4 aromatic rings. The fraction of sp³-hybridized carbons (Fsp3) is 0.333. The van der Waals surface area contributed by atoms with E-state index < -0.39 is 31.4 Å². The van der Waals surface area contributed by atoms with Crippen molar-refractivity contribution in [2.24, 2.45) is 5.92 Å². The van der Waals surface area contributed by atoms with Gasteiger partial charge in [-0.1, -0.05) is 12.1 Å². The first-order valence-electron chi connectivity index (χ1n) is 14.6. The van der Waals surface area contributed by atoms with E-state index in [0.717, 1.165) is 24.3 Å². The number of hydrogen-bond donors (Lipinski definition) is 3. The van der Waals surface area contributed by atoms with Crippen molar-refractivity contribution in [3.8, 4) is 11.6 Å². The quantitative estimate of drug-likeness (QED) is 0.205. The topological polar surface area (TPSA) is 178 Å². The Morgan fingerprint density at radius 2 is 1.89 bits per heavy atom. The summed E-state index contributed by atoms with van der Waals surface area (Å²) in [5.74, 6) is -0.279. The van der Waals surface area contributed by atoms with Crippen molar-refractivity contribution in [1.82, 2.24) is 14.7 Å². The third kappa shape index (κ3) is 5.48. The van der Waals surface area contributed by atoms with Gasteiger partial charge in [-0.3, -0.25) is 14.9 Å². The smallest absolute Gasteiger partial charge is 0.297 e. The van der Waals surface area contributed by atoms with Crippen molar-refractivity contribution in [3.63, 3.8) is 0 Å². The maximum atomic E-state index is 13.6. The lowest BCUT2D eigenvalue weighted by Gasteiger charge is -2.35. The number of nitrogens with zero attached hydrogens (tertiary/aromatic N) is 3. The van der Waals surface area contributed by atoms with E-state index in [4.69, 9.17) is 14.2 Å². The number of amides is 1. The molecule has 0 saturated carbocycles. The summed E-state index contributed by atoms with van der Waals surface area (Å²) in [6.45, 7) is 2.31. The number of carbonyl (C=O) groups excluding carboxylic acids is 1. The number of nitro groups is 1. The summed E-state index contributed by atoms with van der Waals surface area (Å²) in [5.41, 5.74) is 1.50. The Hall–Kier alpha value is -4.89. The summed E-state index contributed by atoms with van der Waals surface area (Å²) in [6, 6.07) is 12.4. The van der Waals surface area contributed by atoms with Gasteiger partial charge in [0.15, 0.2) is 11.4 Å². The van der Waals surface area contributed by atoms with Crippen molar-refractivity contribution in [1.29, 1.82) is 0 Å². The summed E-state index contributed by atoms with van der Waals surface area (Å²) in [7, 11) is -4.56. The van der Waals surface area contributed by atoms with E-state index in [0.29, 0.717) is 55.7 Å². The Morgan fingerprint density at radius 3 is 2.71 bits per heavy atom. The molecule has 15 heteroatoms. The van der Waals surface area contributed by atoms with Gasteiger partial charge < -0.3 is 29.4 Å². The number of para-hydroxylation sites is 1. The highest BCUT2D eigenvalue weighted by atomic mass is 32.2. The highest BCUT2D eigenvalue weighted by Gasteiger charge is 2.35. The fourth-order valence-electron chi connectivity index (χ4n) is 6.07. The monoisotopic (exact) mass is 634 g/mol. The molecule has 3 aliphatic heterocycles. The van der Waals surface area contributed by atoms with Gasteiger partial charge in [-0.05, 0) is 49.4 Å². The van der Waals surface area contributed by atoms with Crippen molar-refractivity contribution in [2.75, 3.05) is 43.2 Å². The molecule has 3 aliphatic rings. The van der Waals surface area contributed by atoms with Crippen LogP contribution in [0, 0.1) is 16.0 Å². The summed E-state index contributed by atoms with van der Waals surface area (Å²) in [6.07, 6.45) is 3.96. The number of carbonyl (C=O) groups is 1. The van der Waals surface area contributed by atoms with E-state index in [2.05, 4.69) is 20.0 Å². The van der Waals surface area contributed by atoms with Crippen molar-refractivity contribution >= 4 is 49.7 Å². The zero-order valence-corrected chi connectivity index (χ0v) is 24.8. The Kier molecular flexibility index (Phi) is 7.41. The number of aromatic amines is 1. The Morgan fingerprint density at radius 1 is 1.07 bits per heavy atom. The molecule has 0 aliphatic carbocycles. The Bertz CT molecular complexity index is 1910. The van der Waals surface area contributed by atoms with E-state index in [1.165, 1.54) is 12.1 Å². The standard InChI is InChI=1S/C30H30N6O8S/c37-29(21-4-1-2-5-23(21)35-10-3-11-43-30-25(35)14-19-6-9-31-28(19)33-30)34-45(40,41)20-15-24(36(38)39)27-26(16-20)44-17-22(32-27)18-7-12-42-13-8-18/h1-2,4-6,9,14-16,18,22,32H,3,7-8,10-13,17H2,(H,31,33)(H,34,37). The molecule has 2 aromatic heterocycles. The molecule has 0 spiro atoms. The number of rotatable bonds is 6. The first kappa shape index (κ1) is 28.9. The van der Waals surface area contributed by atoms with Crippen LogP contribution in [0.15, 0.2) is 59.6 Å². The third-order valence-electron chi connectivity index (χ3n) is 8.35.